The van der Waals surface area contributed by atoms with Crippen LogP contribution < -0.4 is 10.6 Å². The minimum Gasteiger partial charge on any atom is -0.371 e. The van der Waals surface area contributed by atoms with Gasteiger partial charge < -0.3 is 10.6 Å². The largest absolute Gasteiger partial charge is 0.371 e. The van der Waals surface area contributed by atoms with Crippen molar-refractivity contribution in [2.24, 2.45) is 11.1 Å². The topological polar surface area (TPSA) is 29.3 Å². The number of nitrogens with two attached hydrogens (primary N) is 1. The van der Waals surface area contributed by atoms with Gasteiger partial charge in [-0.25, -0.2) is 0 Å². The third kappa shape index (κ3) is 3.70. The summed E-state index contributed by atoms with van der Waals surface area (Å²) in [6.07, 6.45) is 3.87. The molecule has 0 radical (unpaired) electrons. The maximum absolute atomic E-state index is 6.04. The van der Waals surface area contributed by atoms with Crippen molar-refractivity contribution in [3.8, 4) is 0 Å². The molecule has 0 bridgehead atoms. The summed E-state index contributed by atoms with van der Waals surface area (Å²) >= 11 is 1.90. The van der Waals surface area contributed by atoms with E-state index in [0.29, 0.717) is 12.0 Å². The molecule has 2 nitrogen and oxygen atoms in total. The molecular weight excluding hydrogens is 264 g/mol. The van der Waals surface area contributed by atoms with E-state index in [9.17, 15) is 0 Å². The van der Waals surface area contributed by atoms with Gasteiger partial charge in [-0.2, -0.15) is 0 Å². The standard InChI is InChI=1S/C17H28N2S/c1-4-20-16-8-5-7-15(14(16)13-18)19-11-6-9-17(2,3)10-12-19/h5,7-8H,4,6,9-13,18H2,1-3H3. The summed E-state index contributed by atoms with van der Waals surface area (Å²) in [5.41, 5.74) is 9.22. The third-order valence-electron chi connectivity index (χ3n) is 4.29. The van der Waals surface area contributed by atoms with E-state index in [-0.39, 0.29) is 0 Å². The molecule has 1 heterocycles. The van der Waals surface area contributed by atoms with Crippen LogP contribution in [0.2, 0.25) is 0 Å². The zero-order valence-electron chi connectivity index (χ0n) is 13.1. The Kier molecular flexibility index (Phi) is 5.39. The average Bonchev–Trinajstić information content (AvgIpc) is 2.60. The molecular formula is C17H28N2S. The van der Waals surface area contributed by atoms with E-state index in [1.54, 1.807) is 0 Å². The lowest BCUT2D eigenvalue weighted by atomic mass is 9.85. The lowest BCUT2D eigenvalue weighted by Crippen LogP contribution is -2.26. The number of hydrogen-bond acceptors (Lipinski definition) is 3. The number of thioether (sulfide) groups is 1. The molecule has 1 aliphatic heterocycles. The van der Waals surface area contributed by atoms with E-state index in [4.69, 9.17) is 5.73 Å². The van der Waals surface area contributed by atoms with Crippen molar-refractivity contribution in [3.05, 3.63) is 23.8 Å². The highest BCUT2D eigenvalue weighted by Crippen LogP contribution is 2.35. The summed E-state index contributed by atoms with van der Waals surface area (Å²) in [6.45, 7) is 9.94. The van der Waals surface area contributed by atoms with Crippen LogP contribution in [-0.2, 0) is 6.54 Å². The van der Waals surface area contributed by atoms with Gasteiger partial charge in [-0.05, 0) is 42.6 Å². The SMILES string of the molecule is CCSc1cccc(N2CCCC(C)(C)CC2)c1CN. The number of nitrogens with zero attached hydrogens (tertiary/aromatic N) is 1. The van der Waals surface area contributed by atoms with Crippen molar-refractivity contribution in [1.29, 1.82) is 0 Å². The maximum atomic E-state index is 6.04. The molecule has 0 saturated carbocycles. The fourth-order valence-electron chi connectivity index (χ4n) is 3.01. The predicted octanol–water partition coefficient (Wildman–Crippen LogP) is 4.27. The fraction of sp³-hybridized carbons (Fsp3) is 0.647. The first-order chi connectivity index (χ1) is 9.57. The van der Waals surface area contributed by atoms with Crippen molar-refractivity contribution < 1.29 is 0 Å². The van der Waals surface area contributed by atoms with Crippen molar-refractivity contribution in [2.45, 2.75) is 51.5 Å². The Morgan fingerprint density at radius 3 is 2.75 bits per heavy atom. The number of hydrogen-bond donors (Lipinski definition) is 1. The van der Waals surface area contributed by atoms with Crippen molar-refractivity contribution >= 4 is 17.4 Å². The van der Waals surface area contributed by atoms with Crippen LogP contribution in [0.3, 0.4) is 0 Å². The molecule has 1 saturated heterocycles. The molecule has 2 N–H and O–H groups in total. The molecule has 112 valence electrons. The zero-order valence-corrected chi connectivity index (χ0v) is 13.9. The maximum Gasteiger partial charge on any atom is 0.0423 e. The molecule has 0 spiro atoms. The van der Waals surface area contributed by atoms with Gasteiger partial charge in [0.05, 0.1) is 0 Å². The second-order valence-electron chi connectivity index (χ2n) is 6.40. The van der Waals surface area contributed by atoms with Crippen LogP contribution in [-0.4, -0.2) is 18.8 Å². The molecule has 0 aliphatic carbocycles. The zero-order chi connectivity index (χ0) is 14.6. The highest BCUT2D eigenvalue weighted by atomic mass is 32.2. The summed E-state index contributed by atoms with van der Waals surface area (Å²) in [5.74, 6) is 1.10. The Balaban J connectivity index is 2.25. The highest BCUT2D eigenvalue weighted by molar-refractivity contribution is 7.99. The molecule has 0 aromatic heterocycles. The lowest BCUT2D eigenvalue weighted by Gasteiger charge is -2.27. The Morgan fingerprint density at radius 1 is 1.25 bits per heavy atom. The quantitative estimate of drug-likeness (QED) is 0.840. The van der Waals surface area contributed by atoms with Crippen LogP contribution in [0.25, 0.3) is 0 Å². The van der Waals surface area contributed by atoms with E-state index in [2.05, 4.69) is 43.9 Å². The van der Waals surface area contributed by atoms with Gasteiger partial charge in [-0.15, -0.1) is 11.8 Å². The highest BCUT2D eigenvalue weighted by Gasteiger charge is 2.24. The smallest absolute Gasteiger partial charge is 0.0423 e. The fourth-order valence-corrected chi connectivity index (χ4v) is 3.86. The molecule has 3 heteroatoms. The first-order valence-electron chi connectivity index (χ1n) is 7.77. The molecule has 0 unspecified atom stereocenters. The van der Waals surface area contributed by atoms with Crippen molar-refractivity contribution in [3.63, 3.8) is 0 Å². The van der Waals surface area contributed by atoms with Gasteiger partial charge in [0.25, 0.3) is 0 Å². The second-order valence-corrected chi connectivity index (χ2v) is 7.70. The van der Waals surface area contributed by atoms with Gasteiger partial charge in [-0.1, -0.05) is 26.8 Å². The van der Waals surface area contributed by atoms with Crippen LogP contribution in [0.1, 0.15) is 45.6 Å². The minimum absolute atomic E-state index is 0.480. The second kappa shape index (κ2) is 6.86. The molecule has 1 fully saturated rings. The van der Waals surface area contributed by atoms with Crippen LogP contribution >= 0.6 is 11.8 Å². The molecule has 0 atom stereocenters. The van der Waals surface area contributed by atoms with E-state index in [0.717, 1.165) is 18.8 Å². The van der Waals surface area contributed by atoms with Gasteiger partial charge in [0.1, 0.15) is 0 Å². The third-order valence-corrected chi connectivity index (χ3v) is 5.28. The lowest BCUT2D eigenvalue weighted by molar-refractivity contribution is 0.325. The van der Waals surface area contributed by atoms with E-state index < -0.39 is 0 Å². The molecule has 1 aromatic rings. The normalized spacial score (nSPS) is 18.9. The summed E-state index contributed by atoms with van der Waals surface area (Å²) in [5, 5.41) is 0. The Morgan fingerprint density at radius 2 is 2.05 bits per heavy atom. The molecule has 2 rings (SSSR count). The average molecular weight is 292 g/mol. The Labute approximate surface area is 128 Å². The minimum atomic E-state index is 0.480. The van der Waals surface area contributed by atoms with E-state index >= 15 is 0 Å². The van der Waals surface area contributed by atoms with Gasteiger partial charge in [0.2, 0.25) is 0 Å². The number of anilines is 1. The molecule has 20 heavy (non-hydrogen) atoms. The van der Waals surface area contributed by atoms with Gasteiger partial charge in [-0.3, -0.25) is 0 Å². The van der Waals surface area contributed by atoms with E-state index in [1.807, 2.05) is 11.8 Å². The summed E-state index contributed by atoms with van der Waals surface area (Å²) in [6, 6.07) is 6.64. The summed E-state index contributed by atoms with van der Waals surface area (Å²) in [4.78, 5) is 3.91. The van der Waals surface area contributed by atoms with Gasteiger partial charge in [0, 0.05) is 35.8 Å². The van der Waals surface area contributed by atoms with Crippen LogP contribution in [0.15, 0.2) is 23.1 Å². The van der Waals surface area contributed by atoms with E-state index in [1.165, 1.54) is 35.4 Å². The molecule has 0 amide bonds. The summed E-state index contributed by atoms with van der Waals surface area (Å²) in [7, 11) is 0. The number of rotatable bonds is 4. The number of benzene rings is 1. The van der Waals surface area contributed by atoms with Crippen LogP contribution in [0, 0.1) is 5.41 Å². The van der Waals surface area contributed by atoms with Gasteiger partial charge in [0.15, 0.2) is 0 Å². The van der Waals surface area contributed by atoms with Crippen molar-refractivity contribution in [2.75, 3.05) is 23.7 Å². The predicted molar refractivity (Wildman–Crippen MR) is 90.6 cm³/mol. The Bertz CT molecular complexity index is 443. The Hall–Kier alpha value is -0.670. The van der Waals surface area contributed by atoms with Gasteiger partial charge >= 0.3 is 0 Å². The van der Waals surface area contributed by atoms with Crippen LogP contribution in [0.4, 0.5) is 5.69 Å². The van der Waals surface area contributed by atoms with Crippen LogP contribution in [0.5, 0.6) is 0 Å². The molecule has 1 aromatic carbocycles. The van der Waals surface area contributed by atoms with Crippen molar-refractivity contribution in [1.82, 2.24) is 0 Å². The summed E-state index contributed by atoms with van der Waals surface area (Å²) < 4.78 is 0. The first-order valence-corrected chi connectivity index (χ1v) is 8.75. The molecule has 1 aliphatic rings. The monoisotopic (exact) mass is 292 g/mol. The first kappa shape index (κ1) is 15.7.